The van der Waals surface area contributed by atoms with Gasteiger partial charge in [-0.2, -0.15) is 23.5 Å². The fourth-order valence-corrected chi connectivity index (χ4v) is 3.80. The Morgan fingerprint density at radius 3 is 2.63 bits per heavy atom. The summed E-state index contributed by atoms with van der Waals surface area (Å²) in [6.07, 6.45) is -0.802. The Hall–Kier alpha value is -4.84. The topological polar surface area (TPSA) is 162 Å². The van der Waals surface area contributed by atoms with Crippen molar-refractivity contribution in [3.8, 4) is 17.3 Å². The number of aromatic nitrogens is 5. The molecule has 0 fully saturated rings. The molecule has 0 radical (unpaired) electrons. The van der Waals surface area contributed by atoms with Gasteiger partial charge in [-0.1, -0.05) is 11.6 Å². The molecule has 4 N–H and O–H groups in total. The zero-order chi connectivity index (χ0) is 27.4. The first kappa shape index (κ1) is 26.2. The quantitative estimate of drug-likeness (QED) is 0.243. The number of halogens is 4. The lowest BCUT2D eigenvalue weighted by molar-refractivity contribution is -0.141. The summed E-state index contributed by atoms with van der Waals surface area (Å²) in [7, 11) is 0. The van der Waals surface area contributed by atoms with Crippen molar-refractivity contribution in [2.75, 3.05) is 18.4 Å². The van der Waals surface area contributed by atoms with Crippen molar-refractivity contribution in [3.05, 3.63) is 59.3 Å². The summed E-state index contributed by atoms with van der Waals surface area (Å²) in [6.45, 7) is -0.285. The molecule has 2 amide bonds. The largest absolute Gasteiger partial charge is 0.465 e. The van der Waals surface area contributed by atoms with Crippen LogP contribution in [0.5, 0.6) is 0 Å². The number of carboxylic acid groups (broad SMARTS) is 1. The van der Waals surface area contributed by atoms with Crippen LogP contribution in [0, 0.1) is 11.3 Å². The lowest BCUT2D eigenvalue weighted by Crippen LogP contribution is -2.34. The minimum absolute atomic E-state index is 0.0177. The summed E-state index contributed by atoms with van der Waals surface area (Å²) < 4.78 is 43.2. The highest BCUT2D eigenvalue weighted by Gasteiger charge is 2.38. The smallest absolute Gasteiger partial charge is 0.435 e. The number of imidazole rings is 1. The molecule has 0 spiro atoms. The molecule has 0 aliphatic rings. The number of hydrogen-bond donors (Lipinski definition) is 4. The summed E-state index contributed by atoms with van der Waals surface area (Å²) in [6, 6.07) is 6.20. The molecule has 38 heavy (non-hydrogen) atoms. The molecule has 16 heteroatoms. The summed E-state index contributed by atoms with van der Waals surface area (Å²) in [4.78, 5) is 31.2. The number of hydrogen-bond acceptors (Lipinski definition) is 7. The Kier molecular flexibility index (Phi) is 7.35. The van der Waals surface area contributed by atoms with E-state index in [-0.39, 0.29) is 52.9 Å². The molecule has 0 saturated heterocycles. The van der Waals surface area contributed by atoms with Crippen molar-refractivity contribution in [2.24, 2.45) is 0 Å². The van der Waals surface area contributed by atoms with Gasteiger partial charge in [-0.15, -0.1) is 0 Å². The van der Waals surface area contributed by atoms with Gasteiger partial charge in [-0.25, -0.2) is 14.8 Å². The summed E-state index contributed by atoms with van der Waals surface area (Å²) in [5.41, 5.74) is -0.551. The predicted molar refractivity (Wildman–Crippen MR) is 128 cm³/mol. The maximum Gasteiger partial charge on any atom is 0.435 e. The number of amides is 2. The van der Waals surface area contributed by atoms with Gasteiger partial charge in [-0.3, -0.25) is 13.9 Å². The van der Waals surface area contributed by atoms with Crippen molar-refractivity contribution >= 4 is 40.8 Å². The average Bonchev–Trinajstić information content (AvgIpc) is 3.47. The lowest BCUT2D eigenvalue weighted by Gasteiger charge is -2.11. The highest BCUT2D eigenvalue weighted by atomic mass is 35.5. The molecule has 0 saturated carbocycles. The van der Waals surface area contributed by atoms with E-state index in [4.69, 9.17) is 22.0 Å². The molecule has 0 aliphatic heterocycles. The van der Waals surface area contributed by atoms with E-state index >= 15 is 0 Å². The van der Waals surface area contributed by atoms with E-state index < -0.39 is 23.9 Å². The second-order valence-corrected chi connectivity index (χ2v) is 8.07. The number of nitriles is 1. The van der Waals surface area contributed by atoms with Crippen molar-refractivity contribution in [1.29, 1.82) is 5.26 Å². The summed E-state index contributed by atoms with van der Waals surface area (Å²) >= 11 is 6.25. The maximum atomic E-state index is 13.6. The summed E-state index contributed by atoms with van der Waals surface area (Å²) in [5, 5.41) is 28.6. The van der Waals surface area contributed by atoms with Crippen LogP contribution in [0.15, 0.2) is 43.0 Å². The van der Waals surface area contributed by atoms with Gasteiger partial charge in [0.25, 0.3) is 5.91 Å². The van der Waals surface area contributed by atoms with Crippen LogP contribution in [0.1, 0.15) is 16.1 Å². The molecule has 4 aromatic rings. The monoisotopic (exact) mass is 547 g/mol. The number of fused-ring (bicyclic) bond motifs is 1. The third-order valence-electron chi connectivity index (χ3n) is 5.13. The predicted octanol–water partition coefficient (Wildman–Crippen LogP) is 3.53. The first-order chi connectivity index (χ1) is 18.1. The Morgan fingerprint density at radius 2 is 1.95 bits per heavy atom. The van der Waals surface area contributed by atoms with Crippen molar-refractivity contribution in [3.63, 3.8) is 0 Å². The van der Waals surface area contributed by atoms with E-state index in [0.29, 0.717) is 5.69 Å². The molecule has 196 valence electrons. The number of nitrogens with one attached hydrogen (secondary N) is 3. The standard InChI is InChI=1S/C22H17ClF3N9O3/c23-15-9-12(1-2-13(15)20(36)29-4-5-30-21(37)38)32-18-19-31-10-16(35(19)8-6-28-18)14-11-34(7-3-27)33-17(14)22(24,25)26/h1-2,6,8-11,30H,4-5,7H2,(H,28,32)(H,29,36)(H,37,38). The molecule has 3 aromatic heterocycles. The Labute approximate surface area is 216 Å². The van der Waals surface area contributed by atoms with Crippen LogP contribution in [-0.2, 0) is 12.7 Å². The molecular weight excluding hydrogens is 531 g/mol. The molecule has 0 unspecified atom stereocenters. The number of carbonyl (C=O) groups is 2. The van der Waals surface area contributed by atoms with E-state index in [0.717, 1.165) is 10.9 Å². The Bertz CT molecular complexity index is 1560. The molecule has 0 atom stereocenters. The first-order valence-electron chi connectivity index (χ1n) is 10.7. The Morgan fingerprint density at radius 1 is 1.18 bits per heavy atom. The zero-order valence-electron chi connectivity index (χ0n) is 19.1. The van der Waals surface area contributed by atoms with Crippen LogP contribution in [0.3, 0.4) is 0 Å². The van der Waals surface area contributed by atoms with Gasteiger partial charge in [-0.05, 0) is 18.2 Å². The SMILES string of the molecule is N#CCn1cc(-c2cnc3c(Nc4ccc(C(=O)NCCNC(=O)O)c(Cl)c4)nccn23)c(C(F)(F)F)n1. The molecule has 0 bridgehead atoms. The third kappa shape index (κ3) is 5.60. The van der Waals surface area contributed by atoms with E-state index in [1.54, 1.807) is 12.1 Å². The van der Waals surface area contributed by atoms with Crippen LogP contribution >= 0.6 is 11.6 Å². The number of anilines is 2. The second kappa shape index (κ2) is 10.6. The lowest BCUT2D eigenvalue weighted by atomic mass is 10.2. The van der Waals surface area contributed by atoms with Gasteiger partial charge < -0.3 is 21.1 Å². The van der Waals surface area contributed by atoms with Gasteiger partial charge >= 0.3 is 12.3 Å². The number of nitrogens with zero attached hydrogens (tertiary/aromatic N) is 6. The molecule has 1 aromatic carbocycles. The minimum atomic E-state index is -4.76. The van der Waals surface area contributed by atoms with Crippen molar-refractivity contribution in [1.82, 2.24) is 34.8 Å². The Balaban J connectivity index is 1.59. The molecular formula is C22H17ClF3N9O3. The number of alkyl halides is 3. The fourth-order valence-electron chi connectivity index (χ4n) is 3.53. The van der Waals surface area contributed by atoms with Crippen LogP contribution in [-0.4, -0.2) is 54.3 Å². The van der Waals surface area contributed by atoms with Crippen LogP contribution in [0.25, 0.3) is 16.9 Å². The second-order valence-electron chi connectivity index (χ2n) is 7.67. The van der Waals surface area contributed by atoms with E-state index in [9.17, 15) is 22.8 Å². The van der Waals surface area contributed by atoms with Crippen molar-refractivity contribution in [2.45, 2.75) is 12.7 Å². The highest BCUT2D eigenvalue weighted by Crippen LogP contribution is 2.37. The number of benzene rings is 1. The van der Waals surface area contributed by atoms with E-state index in [1.165, 1.54) is 35.1 Å². The van der Waals surface area contributed by atoms with Crippen LogP contribution < -0.4 is 16.0 Å². The summed E-state index contributed by atoms with van der Waals surface area (Å²) in [5.74, 6) is -0.311. The van der Waals surface area contributed by atoms with Gasteiger partial charge in [0.05, 0.1) is 34.1 Å². The minimum Gasteiger partial charge on any atom is -0.465 e. The maximum absolute atomic E-state index is 13.6. The molecule has 12 nitrogen and oxygen atoms in total. The van der Waals surface area contributed by atoms with Crippen molar-refractivity contribution < 1.29 is 27.9 Å². The average molecular weight is 548 g/mol. The fraction of sp³-hybridized carbons (Fsp3) is 0.182. The molecule has 4 rings (SSSR count). The highest BCUT2D eigenvalue weighted by molar-refractivity contribution is 6.34. The van der Waals surface area contributed by atoms with Gasteiger partial charge in [0.2, 0.25) is 0 Å². The van der Waals surface area contributed by atoms with E-state index in [1.807, 2.05) is 0 Å². The van der Waals surface area contributed by atoms with E-state index in [2.05, 4.69) is 31.0 Å². The van der Waals surface area contributed by atoms with Gasteiger partial charge in [0.1, 0.15) is 6.54 Å². The number of rotatable bonds is 8. The first-order valence-corrected chi connectivity index (χ1v) is 11.1. The van der Waals surface area contributed by atoms with Gasteiger partial charge in [0, 0.05) is 37.4 Å². The molecule has 3 heterocycles. The zero-order valence-corrected chi connectivity index (χ0v) is 19.9. The van der Waals surface area contributed by atoms with Crippen LogP contribution in [0.4, 0.5) is 29.5 Å². The third-order valence-corrected chi connectivity index (χ3v) is 5.44. The number of carbonyl (C=O) groups excluding carboxylic acids is 1. The van der Waals surface area contributed by atoms with Crippen LogP contribution in [0.2, 0.25) is 5.02 Å². The van der Waals surface area contributed by atoms with Gasteiger partial charge in [0.15, 0.2) is 17.2 Å². The normalized spacial score (nSPS) is 11.2. The molecule has 0 aliphatic carbocycles.